The Hall–Kier alpha value is -1.43. The third-order valence-electron chi connectivity index (χ3n) is 2.66. The highest BCUT2D eigenvalue weighted by molar-refractivity contribution is 6.31. The molecule has 2 rings (SSSR count). The van der Waals surface area contributed by atoms with Gasteiger partial charge < -0.3 is 5.32 Å². The van der Waals surface area contributed by atoms with Gasteiger partial charge in [0.15, 0.2) is 0 Å². The highest BCUT2D eigenvalue weighted by Crippen LogP contribution is 2.31. The number of nitrogens with zero attached hydrogens (tertiary/aromatic N) is 3. The zero-order chi connectivity index (χ0) is 11.5. The molecule has 0 spiro atoms. The lowest BCUT2D eigenvalue weighted by Crippen LogP contribution is -2.17. The Balaban J connectivity index is 2.25. The normalized spacial score (nSPS) is 16.3. The van der Waals surface area contributed by atoms with Gasteiger partial charge in [-0.05, 0) is 12.8 Å². The first-order chi connectivity index (χ1) is 7.68. The van der Waals surface area contributed by atoms with Gasteiger partial charge in [0.2, 0.25) is 11.0 Å². The van der Waals surface area contributed by atoms with Gasteiger partial charge in [0, 0.05) is 6.04 Å². The third kappa shape index (κ3) is 2.21. The Labute approximate surface area is 97.2 Å². The Morgan fingerprint density at radius 1 is 1.44 bits per heavy atom. The number of hydrogen-bond donors (Lipinski definition) is 1. The average Bonchev–Trinajstić information content (AvgIpc) is 2.70. The highest BCUT2D eigenvalue weighted by atomic mass is 35.5. The van der Waals surface area contributed by atoms with Crippen LogP contribution in [0, 0.1) is 10.1 Å². The third-order valence-corrected chi connectivity index (χ3v) is 2.93. The van der Waals surface area contributed by atoms with E-state index in [1.165, 1.54) is 6.33 Å². The van der Waals surface area contributed by atoms with E-state index < -0.39 is 4.92 Å². The molecule has 0 aliphatic heterocycles. The molecule has 0 aromatic carbocycles. The van der Waals surface area contributed by atoms with Gasteiger partial charge in [-0.1, -0.05) is 24.4 Å². The molecule has 0 saturated heterocycles. The molecule has 0 amide bonds. The molecule has 6 nitrogen and oxygen atoms in total. The Morgan fingerprint density at radius 3 is 2.75 bits per heavy atom. The van der Waals surface area contributed by atoms with Crippen molar-refractivity contribution in [2.75, 3.05) is 5.32 Å². The predicted molar refractivity (Wildman–Crippen MR) is 59.6 cm³/mol. The number of anilines is 1. The van der Waals surface area contributed by atoms with Crippen molar-refractivity contribution in [3.8, 4) is 0 Å². The lowest BCUT2D eigenvalue weighted by Gasteiger charge is -2.12. The molecule has 1 aliphatic rings. The maximum absolute atomic E-state index is 10.8. The summed E-state index contributed by atoms with van der Waals surface area (Å²) in [5, 5.41) is 13.7. The largest absolute Gasteiger partial charge is 0.361 e. The van der Waals surface area contributed by atoms with Crippen LogP contribution in [0.4, 0.5) is 11.5 Å². The smallest absolute Gasteiger partial charge is 0.348 e. The minimum absolute atomic E-state index is 0.125. The van der Waals surface area contributed by atoms with Crippen molar-refractivity contribution in [3.63, 3.8) is 0 Å². The van der Waals surface area contributed by atoms with Crippen LogP contribution in [0.2, 0.25) is 5.15 Å². The van der Waals surface area contributed by atoms with E-state index in [1.807, 2.05) is 0 Å². The Kier molecular flexibility index (Phi) is 3.19. The van der Waals surface area contributed by atoms with Gasteiger partial charge in [-0.25, -0.2) is 9.97 Å². The van der Waals surface area contributed by atoms with Crippen LogP contribution in [0.1, 0.15) is 25.7 Å². The molecule has 1 N–H and O–H groups in total. The van der Waals surface area contributed by atoms with Gasteiger partial charge in [-0.3, -0.25) is 10.1 Å². The van der Waals surface area contributed by atoms with Gasteiger partial charge in [-0.15, -0.1) is 0 Å². The van der Waals surface area contributed by atoms with Gasteiger partial charge >= 0.3 is 5.69 Å². The van der Waals surface area contributed by atoms with Crippen molar-refractivity contribution >= 4 is 23.1 Å². The van der Waals surface area contributed by atoms with E-state index in [9.17, 15) is 10.1 Å². The maximum atomic E-state index is 10.8. The van der Waals surface area contributed by atoms with E-state index >= 15 is 0 Å². The summed E-state index contributed by atoms with van der Waals surface area (Å²) in [7, 11) is 0. The van der Waals surface area contributed by atoms with Crippen molar-refractivity contribution in [1.82, 2.24) is 9.97 Å². The first-order valence-electron chi connectivity index (χ1n) is 5.10. The summed E-state index contributed by atoms with van der Waals surface area (Å²) >= 11 is 5.68. The molecule has 0 unspecified atom stereocenters. The van der Waals surface area contributed by atoms with E-state index in [0.717, 1.165) is 25.7 Å². The van der Waals surface area contributed by atoms with Crippen molar-refractivity contribution in [2.45, 2.75) is 31.7 Å². The predicted octanol–water partition coefficient (Wildman–Crippen LogP) is 2.39. The molecule has 86 valence electrons. The lowest BCUT2D eigenvalue weighted by atomic mass is 10.2. The van der Waals surface area contributed by atoms with Crippen LogP contribution in [0.25, 0.3) is 0 Å². The minimum atomic E-state index is -0.556. The van der Waals surface area contributed by atoms with Crippen LogP contribution in [0.15, 0.2) is 6.33 Å². The average molecular weight is 243 g/mol. The van der Waals surface area contributed by atoms with Gasteiger partial charge in [0.05, 0.1) is 4.92 Å². The second kappa shape index (κ2) is 4.61. The molecule has 1 heterocycles. The number of aromatic nitrogens is 2. The van der Waals surface area contributed by atoms with E-state index in [1.54, 1.807) is 0 Å². The number of rotatable bonds is 3. The Bertz CT molecular complexity index is 406. The molecule has 16 heavy (non-hydrogen) atoms. The summed E-state index contributed by atoms with van der Waals surface area (Å²) < 4.78 is 0. The fourth-order valence-corrected chi connectivity index (χ4v) is 2.09. The molecule has 1 aromatic heterocycles. The van der Waals surface area contributed by atoms with Crippen LogP contribution in [-0.4, -0.2) is 20.9 Å². The summed E-state index contributed by atoms with van der Waals surface area (Å²) in [5.74, 6) is 0.219. The van der Waals surface area contributed by atoms with Crippen molar-refractivity contribution < 1.29 is 4.92 Å². The van der Waals surface area contributed by atoms with Crippen LogP contribution >= 0.6 is 11.6 Å². The van der Waals surface area contributed by atoms with E-state index in [0.29, 0.717) is 0 Å². The summed E-state index contributed by atoms with van der Waals surface area (Å²) in [6.07, 6.45) is 5.54. The van der Waals surface area contributed by atoms with Crippen LogP contribution in [0.3, 0.4) is 0 Å². The molecule has 1 fully saturated rings. The molecule has 0 radical (unpaired) electrons. The molecule has 1 aromatic rings. The number of halogens is 1. The van der Waals surface area contributed by atoms with Crippen LogP contribution in [-0.2, 0) is 0 Å². The summed E-state index contributed by atoms with van der Waals surface area (Å²) in [4.78, 5) is 17.7. The van der Waals surface area contributed by atoms with Gasteiger partial charge in [-0.2, -0.15) is 0 Å². The molecule has 1 aliphatic carbocycles. The number of nitrogens with one attached hydrogen (secondary N) is 1. The van der Waals surface area contributed by atoms with Crippen molar-refractivity contribution in [1.29, 1.82) is 0 Å². The number of nitro groups is 1. The zero-order valence-electron chi connectivity index (χ0n) is 8.52. The second-order valence-corrected chi connectivity index (χ2v) is 4.10. The summed E-state index contributed by atoms with van der Waals surface area (Å²) in [6, 6.07) is 0.254. The monoisotopic (exact) mass is 242 g/mol. The summed E-state index contributed by atoms with van der Waals surface area (Å²) in [6.45, 7) is 0. The molecular formula is C9H11ClN4O2. The zero-order valence-corrected chi connectivity index (χ0v) is 9.28. The van der Waals surface area contributed by atoms with Crippen molar-refractivity contribution in [3.05, 3.63) is 21.6 Å². The van der Waals surface area contributed by atoms with Gasteiger partial charge in [0.25, 0.3) is 0 Å². The van der Waals surface area contributed by atoms with Gasteiger partial charge in [0.1, 0.15) is 6.33 Å². The fourth-order valence-electron chi connectivity index (χ4n) is 1.89. The molecule has 7 heteroatoms. The standard InChI is InChI=1S/C9H11ClN4O2/c10-8-7(14(15)16)9(12-5-11-8)13-6-3-1-2-4-6/h5-6H,1-4H2,(H,11,12,13). The minimum Gasteiger partial charge on any atom is -0.361 e. The SMILES string of the molecule is O=[N+]([O-])c1c(Cl)ncnc1NC1CCCC1. The fraction of sp³-hybridized carbons (Fsp3) is 0.556. The molecular weight excluding hydrogens is 232 g/mol. The Morgan fingerprint density at radius 2 is 2.12 bits per heavy atom. The molecule has 0 atom stereocenters. The molecule has 0 bridgehead atoms. The van der Waals surface area contributed by atoms with Crippen LogP contribution in [0.5, 0.6) is 0 Å². The van der Waals surface area contributed by atoms with Crippen molar-refractivity contribution in [2.24, 2.45) is 0 Å². The van der Waals surface area contributed by atoms with Crippen LogP contribution < -0.4 is 5.32 Å². The summed E-state index contributed by atoms with van der Waals surface area (Å²) in [5.41, 5.74) is -0.240. The first-order valence-corrected chi connectivity index (χ1v) is 5.47. The second-order valence-electron chi connectivity index (χ2n) is 3.74. The highest BCUT2D eigenvalue weighted by Gasteiger charge is 2.24. The lowest BCUT2D eigenvalue weighted by molar-refractivity contribution is -0.384. The first kappa shape index (κ1) is 11.1. The molecule has 1 saturated carbocycles. The maximum Gasteiger partial charge on any atom is 0.348 e. The number of hydrogen-bond acceptors (Lipinski definition) is 5. The quantitative estimate of drug-likeness (QED) is 0.500. The van der Waals surface area contributed by atoms with E-state index in [2.05, 4.69) is 15.3 Å². The van der Waals surface area contributed by atoms with E-state index in [-0.39, 0.29) is 22.7 Å². The topological polar surface area (TPSA) is 81.0 Å². The van der Waals surface area contributed by atoms with E-state index in [4.69, 9.17) is 11.6 Å².